The highest BCUT2D eigenvalue weighted by Crippen LogP contribution is 2.49. The summed E-state index contributed by atoms with van der Waals surface area (Å²) in [5.41, 5.74) is 0. The molecule has 1 saturated heterocycles. The van der Waals surface area contributed by atoms with E-state index in [1.165, 1.54) is 25.7 Å². The molecule has 0 aromatic heterocycles. The fraction of sp³-hybridized carbons (Fsp3) is 0.929. The Morgan fingerprint density at radius 1 is 1.25 bits per heavy atom. The largest absolute Gasteiger partial charge is 0.316 e. The first-order valence-corrected chi connectivity index (χ1v) is 6.97. The van der Waals surface area contributed by atoms with E-state index in [9.17, 15) is 4.79 Å². The molecule has 0 radical (unpaired) electrons. The number of hydrogen-bond donors (Lipinski definition) is 1. The van der Waals surface area contributed by atoms with Gasteiger partial charge in [0.2, 0.25) is 0 Å². The van der Waals surface area contributed by atoms with E-state index < -0.39 is 0 Å². The Balaban J connectivity index is 1.56. The molecule has 2 aliphatic carbocycles. The van der Waals surface area contributed by atoms with Crippen molar-refractivity contribution in [1.29, 1.82) is 0 Å². The van der Waals surface area contributed by atoms with Gasteiger partial charge < -0.3 is 5.32 Å². The molecular formula is C14H23NO. The Labute approximate surface area is 98.2 Å². The molecule has 0 aromatic rings. The summed E-state index contributed by atoms with van der Waals surface area (Å²) in [6.07, 6.45) is 6.51. The van der Waals surface area contributed by atoms with Crippen LogP contribution in [0.5, 0.6) is 0 Å². The van der Waals surface area contributed by atoms with Crippen molar-refractivity contribution in [2.75, 3.05) is 13.1 Å². The number of ketones is 1. The summed E-state index contributed by atoms with van der Waals surface area (Å²) in [5.74, 6) is 4.06. The monoisotopic (exact) mass is 221 g/mol. The van der Waals surface area contributed by atoms with Crippen LogP contribution in [0.4, 0.5) is 0 Å². The number of nitrogens with one attached hydrogen (secondary N) is 1. The zero-order valence-corrected chi connectivity index (χ0v) is 10.2. The normalized spacial score (nSPS) is 46.4. The van der Waals surface area contributed by atoms with Crippen molar-refractivity contribution < 1.29 is 4.79 Å². The Bertz CT molecular complexity index is 288. The van der Waals surface area contributed by atoms with Crippen LogP contribution < -0.4 is 5.32 Å². The van der Waals surface area contributed by atoms with Gasteiger partial charge in [-0.3, -0.25) is 4.79 Å². The smallest absolute Gasteiger partial charge is 0.137 e. The second-order valence-corrected chi connectivity index (χ2v) is 6.35. The molecule has 16 heavy (non-hydrogen) atoms. The lowest BCUT2D eigenvalue weighted by Gasteiger charge is -2.23. The van der Waals surface area contributed by atoms with Gasteiger partial charge in [-0.2, -0.15) is 0 Å². The highest BCUT2D eigenvalue weighted by molar-refractivity contribution is 5.82. The molecule has 5 unspecified atom stereocenters. The Hall–Kier alpha value is -0.370. The van der Waals surface area contributed by atoms with E-state index in [0.717, 1.165) is 37.3 Å². The van der Waals surface area contributed by atoms with Gasteiger partial charge in [-0.05, 0) is 49.5 Å². The van der Waals surface area contributed by atoms with Crippen molar-refractivity contribution in [3.8, 4) is 0 Å². The van der Waals surface area contributed by atoms with Crippen molar-refractivity contribution in [2.24, 2.45) is 29.6 Å². The molecule has 0 amide bonds. The molecule has 2 nitrogen and oxygen atoms in total. The number of fused-ring (bicyclic) bond motifs is 2. The van der Waals surface area contributed by atoms with Gasteiger partial charge in [-0.15, -0.1) is 0 Å². The standard InChI is InChI=1S/C14H23NO/c1-9-7-15-8-13(9)14(16)6-12-5-10-2-3-11(12)4-10/h9-13,15H,2-8H2,1H3. The van der Waals surface area contributed by atoms with Crippen LogP contribution in [0.15, 0.2) is 0 Å². The molecule has 90 valence electrons. The van der Waals surface area contributed by atoms with Crippen LogP contribution in [0.1, 0.15) is 39.0 Å². The first-order valence-electron chi connectivity index (χ1n) is 6.97. The molecule has 1 N–H and O–H groups in total. The number of Topliss-reactive ketones (excluding diaryl/α,β-unsaturated/α-hetero) is 1. The quantitative estimate of drug-likeness (QED) is 0.792. The van der Waals surface area contributed by atoms with E-state index >= 15 is 0 Å². The predicted octanol–water partition coefficient (Wildman–Crippen LogP) is 2.24. The van der Waals surface area contributed by atoms with Gasteiger partial charge in [0.15, 0.2) is 0 Å². The molecule has 3 rings (SSSR count). The van der Waals surface area contributed by atoms with Crippen LogP contribution in [-0.2, 0) is 4.79 Å². The Kier molecular flexibility index (Phi) is 2.78. The Morgan fingerprint density at radius 3 is 2.69 bits per heavy atom. The van der Waals surface area contributed by atoms with Crippen LogP contribution in [0.2, 0.25) is 0 Å². The first kappa shape index (κ1) is 10.8. The number of rotatable bonds is 3. The fourth-order valence-electron chi connectivity index (χ4n) is 4.28. The van der Waals surface area contributed by atoms with Crippen LogP contribution >= 0.6 is 0 Å². The van der Waals surface area contributed by atoms with Gasteiger partial charge in [0, 0.05) is 18.9 Å². The topological polar surface area (TPSA) is 29.1 Å². The maximum Gasteiger partial charge on any atom is 0.137 e. The lowest BCUT2D eigenvalue weighted by atomic mass is 9.81. The predicted molar refractivity (Wildman–Crippen MR) is 64.1 cm³/mol. The molecule has 1 heterocycles. The summed E-state index contributed by atoms with van der Waals surface area (Å²) < 4.78 is 0. The molecular weight excluding hydrogens is 198 g/mol. The summed E-state index contributed by atoms with van der Waals surface area (Å²) in [5, 5.41) is 3.34. The van der Waals surface area contributed by atoms with Crippen LogP contribution in [0.3, 0.4) is 0 Å². The first-order chi connectivity index (χ1) is 7.74. The van der Waals surface area contributed by atoms with Gasteiger partial charge >= 0.3 is 0 Å². The summed E-state index contributed by atoms with van der Waals surface area (Å²) in [6.45, 7) is 4.18. The van der Waals surface area contributed by atoms with Crippen molar-refractivity contribution in [3.63, 3.8) is 0 Å². The number of carbonyl (C=O) groups is 1. The average Bonchev–Trinajstić information content (AvgIpc) is 2.92. The van der Waals surface area contributed by atoms with Crippen molar-refractivity contribution in [2.45, 2.75) is 39.0 Å². The van der Waals surface area contributed by atoms with Crippen LogP contribution in [-0.4, -0.2) is 18.9 Å². The minimum Gasteiger partial charge on any atom is -0.316 e. The summed E-state index contributed by atoms with van der Waals surface area (Å²) in [7, 11) is 0. The maximum absolute atomic E-state index is 12.2. The minimum atomic E-state index is 0.319. The molecule has 0 aromatic carbocycles. The maximum atomic E-state index is 12.2. The molecule has 1 aliphatic heterocycles. The molecule has 5 atom stereocenters. The Morgan fingerprint density at radius 2 is 2.12 bits per heavy atom. The average molecular weight is 221 g/mol. The zero-order chi connectivity index (χ0) is 11.1. The van der Waals surface area contributed by atoms with E-state index in [4.69, 9.17) is 0 Å². The third-order valence-electron chi connectivity index (χ3n) is 5.28. The molecule has 3 fully saturated rings. The second-order valence-electron chi connectivity index (χ2n) is 6.35. The van der Waals surface area contributed by atoms with Crippen molar-refractivity contribution in [3.05, 3.63) is 0 Å². The van der Waals surface area contributed by atoms with Crippen LogP contribution in [0.25, 0.3) is 0 Å². The third-order valence-corrected chi connectivity index (χ3v) is 5.28. The molecule has 2 saturated carbocycles. The highest BCUT2D eigenvalue weighted by atomic mass is 16.1. The third kappa shape index (κ3) is 1.81. The zero-order valence-electron chi connectivity index (χ0n) is 10.2. The van der Waals surface area contributed by atoms with E-state index in [1.54, 1.807) is 0 Å². The van der Waals surface area contributed by atoms with Gasteiger partial charge in [0.05, 0.1) is 0 Å². The van der Waals surface area contributed by atoms with Gasteiger partial charge in [0.25, 0.3) is 0 Å². The highest BCUT2D eigenvalue weighted by Gasteiger charge is 2.41. The number of carbonyl (C=O) groups excluding carboxylic acids is 1. The van der Waals surface area contributed by atoms with Crippen molar-refractivity contribution >= 4 is 5.78 Å². The van der Waals surface area contributed by atoms with E-state index in [2.05, 4.69) is 12.2 Å². The molecule has 0 spiro atoms. The SMILES string of the molecule is CC1CNCC1C(=O)CC1CC2CCC1C2. The fourth-order valence-corrected chi connectivity index (χ4v) is 4.28. The lowest BCUT2D eigenvalue weighted by molar-refractivity contribution is -0.124. The van der Waals surface area contributed by atoms with Crippen molar-refractivity contribution in [1.82, 2.24) is 5.32 Å². The molecule has 2 heteroatoms. The van der Waals surface area contributed by atoms with E-state index in [1.807, 2.05) is 0 Å². The van der Waals surface area contributed by atoms with Gasteiger partial charge in [-0.1, -0.05) is 13.3 Å². The second kappa shape index (κ2) is 4.14. The summed E-state index contributed by atoms with van der Waals surface area (Å²) in [6, 6.07) is 0. The van der Waals surface area contributed by atoms with E-state index in [-0.39, 0.29) is 0 Å². The molecule has 2 bridgehead atoms. The lowest BCUT2D eigenvalue weighted by Crippen LogP contribution is -2.25. The summed E-state index contributed by atoms with van der Waals surface area (Å²) >= 11 is 0. The van der Waals surface area contributed by atoms with E-state index in [0.29, 0.717) is 17.6 Å². The van der Waals surface area contributed by atoms with Crippen LogP contribution in [0, 0.1) is 29.6 Å². The van der Waals surface area contributed by atoms with Gasteiger partial charge in [-0.25, -0.2) is 0 Å². The summed E-state index contributed by atoms with van der Waals surface area (Å²) in [4.78, 5) is 12.2. The minimum absolute atomic E-state index is 0.319. The number of hydrogen-bond acceptors (Lipinski definition) is 2. The molecule has 3 aliphatic rings. The van der Waals surface area contributed by atoms with Gasteiger partial charge in [0.1, 0.15) is 5.78 Å².